The number of carbonyl (C=O) groups excluding carboxylic acids is 2. The molecule has 2 aliphatic heterocycles. The van der Waals surface area contributed by atoms with Gasteiger partial charge in [-0.25, -0.2) is 9.59 Å². The molecule has 0 aromatic carbocycles. The third-order valence-electron chi connectivity index (χ3n) is 5.78. The summed E-state index contributed by atoms with van der Waals surface area (Å²) in [4.78, 5) is 38.6. The molecule has 9 heteroatoms. The normalized spacial score (nSPS) is 35.2. The Morgan fingerprint density at radius 3 is 2.41 bits per heavy atom. The molecule has 2 heterocycles. The molecule has 7 nitrogen and oxygen atoms in total. The van der Waals surface area contributed by atoms with Crippen LogP contribution in [-0.2, 0) is 14.3 Å². The molecule has 1 unspecified atom stereocenters. The summed E-state index contributed by atoms with van der Waals surface area (Å²) in [6.07, 6.45) is 3.34. The zero-order valence-corrected chi connectivity index (χ0v) is 18.9. The van der Waals surface area contributed by atoms with Gasteiger partial charge in [-0.3, -0.25) is 4.79 Å². The minimum atomic E-state index is -0.990. The summed E-state index contributed by atoms with van der Waals surface area (Å²) in [5.41, 5.74) is -0.717. The lowest BCUT2D eigenvalue weighted by molar-refractivity contribution is -0.151. The molecule has 0 bridgehead atoms. The summed E-state index contributed by atoms with van der Waals surface area (Å²) in [6, 6.07) is -1.74. The van der Waals surface area contributed by atoms with Gasteiger partial charge < -0.3 is 20.1 Å². The lowest BCUT2D eigenvalue weighted by Crippen LogP contribution is -2.56. The molecule has 0 aromatic heterocycles. The van der Waals surface area contributed by atoms with E-state index in [1.54, 1.807) is 20.8 Å². The van der Waals surface area contributed by atoms with Crippen molar-refractivity contribution in [1.29, 1.82) is 0 Å². The Kier molecular flexibility index (Phi) is 5.34. The molecule has 1 spiro atoms. The number of rotatable bonds is 2. The summed E-state index contributed by atoms with van der Waals surface area (Å²) in [5, 5.41) is 12.3. The topological polar surface area (TPSA) is 95.9 Å². The van der Waals surface area contributed by atoms with Crippen LogP contribution in [0, 0.1) is 5.41 Å². The highest BCUT2D eigenvalue weighted by Gasteiger charge is 2.66. The lowest BCUT2D eigenvalue weighted by atomic mass is 9.86. The van der Waals surface area contributed by atoms with Crippen LogP contribution in [0.15, 0.2) is 0 Å². The first-order valence-corrected chi connectivity index (χ1v) is 10.9. The van der Waals surface area contributed by atoms with Gasteiger partial charge in [0.15, 0.2) is 0 Å². The number of aliphatic carboxylic acids is 1. The van der Waals surface area contributed by atoms with Gasteiger partial charge in [-0.1, -0.05) is 31.9 Å². The predicted octanol–water partition coefficient (Wildman–Crippen LogP) is 3.38. The average molecular weight is 510 g/mol. The molecular formula is C18H26Br2N2O5. The SMILES string of the molecule is CC(C)(C)OC(=O)N[C@H]1CCC2(C[C@H]3CC[C@@H](C(=O)O)N3C1=O)CC2(Br)Br. The van der Waals surface area contributed by atoms with Crippen molar-refractivity contribution in [1.82, 2.24) is 10.2 Å². The van der Waals surface area contributed by atoms with Crippen LogP contribution in [0.5, 0.6) is 0 Å². The van der Waals surface area contributed by atoms with Crippen LogP contribution in [0.4, 0.5) is 4.79 Å². The summed E-state index contributed by atoms with van der Waals surface area (Å²) >= 11 is 7.43. The van der Waals surface area contributed by atoms with Crippen LogP contribution in [0.2, 0.25) is 0 Å². The van der Waals surface area contributed by atoms with Crippen LogP contribution >= 0.6 is 31.9 Å². The lowest BCUT2D eigenvalue weighted by Gasteiger charge is -2.37. The molecule has 0 aromatic rings. The third-order valence-corrected chi connectivity index (χ3v) is 8.02. The molecule has 3 fully saturated rings. The number of fused-ring (bicyclic) bond motifs is 1. The molecule has 152 valence electrons. The van der Waals surface area contributed by atoms with Gasteiger partial charge in [-0.15, -0.1) is 0 Å². The molecule has 2 N–H and O–H groups in total. The van der Waals surface area contributed by atoms with Crippen molar-refractivity contribution in [3.05, 3.63) is 0 Å². The number of halogens is 2. The quantitative estimate of drug-likeness (QED) is 0.556. The first-order valence-electron chi connectivity index (χ1n) is 9.28. The van der Waals surface area contributed by atoms with Crippen molar-refractivity contribution < 1.29 is 24.2 Å². The summed E-state index contributed by atoms with van der Waals surface area (Å²) in [6.45, 7) is 5.27. The van der Waals surface area contributed by atoms with Gasteiger partial charge in [0, 0.05) is 6.04 Å². The molecule has 1 aliphatic carbocycles. The minimum Gasteiger partial charge on any atom is -0.480 e. The number of ether oxygens (including phenoxy) is 1. The van der Waals surface area contributed by atoms with Gasteiger partial charge in [0.05, 0.1) is 3.23 Å². The van der Waals surface area contributed by atoms with Gasteiger partial charge in [-0.05, 0) is 64.7 Å². The largest absolute Gasteiger partial charge is 0.480 e. The number of carboxylic acids is 1. The number of amides is 2. The number of nitrogens with zero attached hydrogens (tertiary/aromatic N) is 1. The van der Waals surface area contributed by atoms with E-state index >= 15 is 0 Å². The van der Waals surface area contributed by atoms with Crippen LogP contribution in [0.25, 0.3) is 0 Å². The average Bonchev–Trinajstić information content (AvgIpc) is 2.85. The molecule has 2 amide bonds. The first-order chi connectivity index (χ1) is 12.4. The van der Waals surface area contributed by atoms with Crippen molar-refractivity contribution in [3.63, 3.8) is 0 Å². The second-order valence-corrected chi connectivity index (χ2v) is 12.7. The van der Waals surface area contributed by atoms with Crippen LogP contribution in [0.1, 0.15) is 59.3 Å². The van der Waals surface area contributed by atoms with E-state index in [-0.39, 0.29) is 20.6 Å². The van der Waals surface area contributed by atoms with E-state index in [0.717, 1.165) is 19.3 Å². The van der Waals surface area contributed by atoms with Crippen LogP contribution in [0.3, 0.4) is 0 Å². The molecule has 3 aliphatic rings. The Labute approximate surface area is 175 Å². The number of carbonyl (C=O) groups is 3. The highest BCUT2D eigenvalue weighted by molar-refractivity contribution is 9.25. The van der Waals surface area contributed by atoms with Gasteiger partial charge in [0.1, 0.15) is 17.7 Å². The van der Waals surface area contributed by atoms with Gasteiger partial charge in [0.2, 0.25) is 5.91 Å². The van der Waals surface area contributed by atoms with E-state index in [9.17, 15) is 19.5 Å². The Bertz CT molecular complexity index is 663. The number of alkyl halides is 2. The Morgan fingerprint density at radius 2 is 1.89 bits per heavy atom. The number of carboxylic acid groups (broad SMARTS) is 1. The van der Waals surface area contributed by atoms with Crippen molar-refractivity contribution in [2.75, 3.05) is 0 Å². The molecule has 0 radical (unpaired) electrons. The standard InChI is InChI=1S/C18H26Br2N2O5/c1-16(2,3)27-15(26)21-11-6-7-17(9-18(17,19)20)8-10-4-5-12(14(24)25)22(10)13(11)23/h10-12H,4-9H2,1-3H3,(H,21,26)(H,24,25)/t10-,11+,12+,17?/m1/s1. The smallest absolute Gasteiger partial charge is 0.408 e. The van der Waals surface area contributed by atoms with E-state index in [1.165, 1.54) is 4.90 Å². The maximum absolute atomic E-state index is 13.2. The number of hydrogen-bond acceptors (Lipinski definition) is 4. The zero-order chi connectivity index (χ0) is 20.2. The molecule has 27 heavy (non-hydrogen) atoms. The van der Waals surface area contributed by atoms with E-state index < -0.39 is 29.7 Å². The molecule has 2 saturated heterocycles. The monoisotopic (exact) mass is 508 g/mol. The summed E-state index contributed by atoms with van der Waals surface area (Å²) in [5.74, 6) is -1.31. The fourth-order valence-electron chi connectivity index (χ4n) is 4.39. The maximum atomic E-state index is 13.2. The zero-order valence-electron chi connectivity index (χ0n) is 15.8. The highest BCUT2D eigenvalue weighted by Crippen LogP contribution is 2.71. The van der Waals surface area contributed by atoms with Crippen molar-refractivity contribution in [3.8, 4) is 0 Å². The molecule has 3 rings (SSSR count). The van der Waals surface area contributed by atoms with Crippen molar-refractivity contribution in [2.24, 2.45) is 5.41 Å². The van der Waals surface area contributed by atoms with E-state index in [4.69, 9.17) is 4.74 Å². The number of alkyl carbamates (subject to hydrolysis) is 1. The fraction of sp³-hybridized carbons (Fsp3) is 0.833. The Morgan fingerprint density at radius 1 is 1.26 bits per heavy atom. The van der Waals surface area contributed by atoms with Crippen molar-refractivity contribution >= 4 is 49.8 Å². The third kappa shape index (κ3) is 4.13. The van der Waals surface area contributed by atoms with E-state index in [1.807, 2.05) is 0 Å². The summed E-state index contributed by atoms with van der Waals surface area (Å²) in [7, 11) is 0. The second-order valence-electron chi connectivity index (χ2n) is 8.93. The number of nitrogens with one attached hydrogen (secondary N) is 1. The Balaban J connectivity index is 1.84. The van der Waals surface area contributed by atoms with Crippen molar-refractivity contribution in [2.45, 2.75) is 86.3 Å². The van der Waals surface area contributed by atoms with E-state index in [2.05, 4.69) is 37.2 Å². The Hall–Kier alpha value is -0.830. The fourth-order valence-corrected chi connectivity index (χ4v) is 6.19. The maximum Gasteiger partial charge on any atom is 0.408 e. The first kappa shape index (κ1) is 20.9. The van der Waals surface area contributed by atoms with Gasteiger partial charge >= 0.3 is 12.1 Å². The second kappa shape index (κ2) is 6.90. The van der Waals surface area contributed by atoms with Crippen LogP contribution in [-0.4, -0.2) is 54.9 Å². The van der Waals surface area contributed by atoms with Gasteiger partial charge in [0.25, 0.3) is 0 Å². The minimum absolute atomic E-state index is 0.0438. The van der Waals surface area contributed by atoms with Gasteiger partial charge in [-0.2, -0.15) is 0 Å². The van der Waals surface area contributed by atoms with Crippen LogP contribution < -0.4 is 5.32 Å². The summed E-state index contributed by atoms with van der Waals surface area (Å²) < 4.78 is 5.12. The molecular weight excluding hydrogens is 484 g/mol. The predicted molar refractivity (Wildman–Crippen MR) is 106 cm³/mol. The van der Waals surface area contributed by atoms with E-state index in [0.29, 0.717) is 19.3 Å². The molecule has 4 atom stereocenters. The number of hydrogen-bond donors (Lipinski definition) is 2. The highest BCUT2D eigenvalue weighted by atomic mass is 79.9. The molecule has 1 saturated carbocycles.